The zero-order valence-electron chi connectivity index (χ0n) is 50.5. The number of amides is 9. The molecule has 15 N–H and O–H groups in total. The summed E-state index contributed by atoms with van der Waals surface area (Å²) >= 11 is 0. The van der Waals surface area contributed by atoms with E-state index in [2.05, 4.69) is 66.5 Å². The van der Waals surface area contributed by atoms with Gasteiger partial charge in [-0.3, -0.25) is 47.9 Å². The van der Waals surface area contributed by atoms with Gasteiger partial charge < -0.3 is 64.2 Å². The molecule has 0 aromatic heterocycles. The van der Waals surface area contributed by atoms with E-state index in [1.54, 1.807) is 53.8 Å². The highest BCUT2D eigenvalue weighted by Gasteiger charge is 2.37. The minimum Gasteiger partial charge on any atom is -0.379 e. The summed E-state index contributed by atoms with van der Waals surface area (Å²) < 4.78 is 0. The van der Waals surface area contributed by atoms with Crippen LogP contribution >= 0.6 is 0 Å². The summed E-state index contributed by atoms with van der Waals surface area (Å²) in [5, 5.41) is 29.0. The minimum atomic E-state index is -1.56. The number of hydrogen-bond donors (Lipinski definition) is 12. The number of hydrazone groups is 1. The molecule has 0 fully saturated rings. The molecule has 1 rings (SSSR count). The number of anilines is 2. The van der Waals surface area contributed by atoms with Crippen LogP contribution in [0.3, 0.4) is 0 Å². The molecule has 0 heterocycles. The lowest BCUT2D eigenvalue weighted by Crippen LogP contribution is -2.63. The van der Waals surface area contributed by atoms with Gasteiger partial charge in [-0.25, -0.2) is 5.84 Å². The van der Waals surface area contributed by atoms with Crippen molar-refractivity contribution in [1.29, 1.82) is 0 Å². The Balaban J connectivity index is 0. The Bertz CT molecular complexity index is 2180. The molecule has 0 aliphatic carbocycles. The van der Waals surface area contributed by atoms with Crippen molar-refractivity contribution in [1.82, 2.24) is 47.9 Å². The molecule has 25 nitrogen and oxygen atoms in total. The molecule has 5 atom stereocenters. The summed E-state index contributed by atoms with van der Waals surface area (Å²) in [7, 11) is 5.69. The third-order valence-corrected chi connectivity index (χ3v) is 11.7. The lowest BCUT2D eigenvalue weighted by atomic mass is 9.97. The molecule has 1 aromatic rings. The maximum absolute atomic E-state index is 13.7. The molecular weight excluding hydrogens is 1030 g/mol. The maximum Gasteiger partial charge on any atom is 0.246 e. The Morgan fingerprint density at radius 3 is 1.66 bits per heavy atom. The number of nitrogens with one attached hydrogen (secondary N) is 9. The van der Waals surface area contributed by atoms with E-state index in [1.807, 2.05) is 58.8 Å². The fraction of sp³-hybridized carbons (Fsp3) is 0.655. The van der Waals surface area contributed by atoms with Gasteiger partial charge in [0.15, 0.2) is 12.1 Å². The fourth-order valence-corrected chi connectivity index (χ4v) is 7.10. The number of benzene rings is 1. The number of carbonyl (C=O) groups is 10. The predicted octanol–water partition coefficient (Wildman–Crippen LogP) is 1.10. The molecule has 0 bridgehead atoms. The minimum absolute atomic E-state index is 0.0338. The first-order chi connectivity index (χ1) is 37.1. The van der Waals surface area contributed by atoms with Crippen LogP contribution in [0, 0.1) is 23.7 Å². The van der Waals surface area contributed by atoms with Crippen molar-refractivity contribution in [3.8, 4) is 0 Å². The summed E-state index contributed by atoms with van der Waals surface area (Å²) in [5.41, 5.74) is 11.5. The average molecular weight is 1130 g/mol. The summed E-state index contributed by atoms with van der Waals surface area (Å²) in [6.45, 7) is 26.9. The van der Waals surface area contributed by atoms with Crippen molar-refractivity contribution in [2.45, 2.75) is 171 Å². The Labute approximate surface area is 475 Å². The van der Waals surface area contributed by atoms with Gasteiger partial charge in [-0.15, -0.1) is 5.10 Å². The van der Waals surface area contributed by atoms with Crippen LogP contribution in [0.15, 0.2) is 41.5 Å². The monoisotopic (exact) mass is 1130 g/mol. The van der Waals surface area contributed by atoms with Crippen LogP contribution in [-0.4, -0.2) is 142 Å². The molecule has 1 aromatic carbocycles. The van der Waals surface area contributed by atoms with Gasteiger partial charge in [0, 0.05) is 38.8 Å². The normalized spacial score (nSPS) is 13.0. The van der Waals surface area contributed by atoms with Crippen molar-refractivity contribution >= 4 is 76.7 Å². The fourth-order valence-electron chi connectivity index (χ4n) is 7.10. The van der Waals surface area contributed by atoms with Crippen molar-refractivity contribution in [2.75, 3.05) is 50.8 Å². The largest absolute Gasteiger partial charge is 0.379 e. The van der Waals surface area contributed by atoms with E-state index in [9.17, 15) is 47.9 Å². The Morgan fingerprint density at radius 2 is 1.20 bits per heavy atom. The molecule has 0 aliphatic rings. The van der Waals surface area contributed by atoms with Crippen LogP contribution in [0.1, 0.15) is 135 Å². The third kappa shape index (κ3) is 32.1. The number of nitrogens with two attached hydrogens (primary N) is 3. The van der Waals surface area contributed by atoms with E-state index in [0.717, 1.165) is 36.6 Å². The molecule has 0 spiro atoms. The van der Waals surface area contributed by atoms with Crippen LogP contribution in [0.4, 0.5) is 11.4 Å². The van der Waals surface area contributed by atoms with Gasteiger partial charge in [0.25, 0.3) is 0 Å². The van der Waals surface area contributed by atoms with Gasteiger partial charge in [0.2, 0.25) is 53.2 Å². The predicted molar refractivity (Wildman–Crippen MR) is 314 cm³/mol. The first kappa shape index (κ1) is 74.9. The summed E-state index contributed by atoms with van der Waals surface area (Å²) in [4.78, 5) is 126. The maximum atomic E-state index is 13.7. The number of nitrogens with zero attached hydrogens (tertiary/aromatic N) is 3. The number of hydrazine groups is 1. The van der Waals surface area contributed by atoms with Crippen molar-refractivity contribution in [3.63, 3.8) is 0 Å². The van der Waals surface area contributed by atoms with E-state index in [-0.39, 0.29) is 42.3 Å². The van der Waals surface area contributed by atoms with Gasteiger partial charge in [0.1, 0.15) is 35.7 Å². The second-order valence-corrected chi connectivity index (χ2v) is 21.7. The average Bonchev–Trinajstić information content (AvgIpc) is 3.36. The van der Waals surface area contributed by atoms with Crippen LogP contribution < -0.4 is 75.2 Å². The van der Waals surface area contributed by atoms with E-state index in [1.165, 1.54) is 20.8 Å². The second-order valence-electron chi connectivity index (χ2n) is 21.7. The highest BCUT2D eigenvalue weighted by Crippen LogP contribution is 2.18. The highest BCUT2D eigenvalue weighted by molar-refractivity contribution is 6.26. The number of rotatable bonds is 33. The van der Waals surface area contributed by atoms with Gasteiger partial charge in [-0.05, 0) is 121 Å². The third-order valence-electron chi connectivity index (χ3n) is 11.7. The molecule has 0 aliphatic heterocycles. The molecule has 0 saturated heterocycles. The van der Waals surface area contributed by atoms with Crippen molar-refractivity contribution in [3.05, 3.63) is 36.4 Å². The van der Waals surface area contributed by atoms with Gasteiger partial charge >= 0.3 is 0 Å². The number of aldehydes is 1. The highest BCUT2D eigenvalue weighted by atomic mass is 16.2. The lowest BCUT2D eigenvalue weighted by molar-refractivity contribution is -0.138. The summed E-state index contributed by atoms with van der Waals surface area (Å²) in [6.07, 6.45) is 4.70. The number of carbonyl (C=O) groups excluding carboxylic acids is 10. The quantitative estimate of drug-likeness (QED) is 0.00892. The first-order valence-electron chi connectivity index (χ1n) is 27.2. The Kier molecular flexibility index (Phi) is 36.8. The van der Waals surface area contributed by atoms with E-state index >= 15 is 0 Å². The van der Waals surface area contributed by atoms with Gasteiger partial charge in [-0.1, -0.05) is 75.3 Å². The summed E-state index contributed by atoms with van der Waals surface area (Å²) in [5.74, 6) is -0.0765. The molecule has 0 radical (unpaired) electrons. The molecule has 0 saturated carbocycles. The summed E-state index contributed by atoms with van der Waals surface area (Å²) in [6, 6.07) is 2.40. The lowest BCUT2D eigenvalue weighted by Gasteiger charge is -2.32. The van der Waals surface area contributed by atoms with Gasteiger partial charge in [-0.2, -0.15) is 5.12 Å². The smallest absolute Gasteiger partial charge is 0.246 e. The number of unbranched alkanes of at least 4 members (excludes halogenated alkanes) is 2. The molecule has 454 valence electrons. The van der Waals surface area contributed by atoms with Crippen LogP contribution in [0.25, 0.3) is 0 Å². The Hall–Kier alpha value is -7.15. The van der Waals surface area contributed by atoms with E-state index in [0.29, 0.717) is 36.9 Å². The SMILES string of the molecule is C=C(C)C(=O)NCCCC.CN(C)c1ccc(N(N)/N=C(\N)C=O)cc1.CNCCCC[C@H](NC(=O)C(NC(=O)C(C)(C)NC(=O)C(CC(C)C)NC(=O)CNC(=O)C(NC(C)=O)C(C)C)C(C)C)C(=O)NC(CC(C)C)C(N)=O. The Morgan fingerprint density at radius 1 is 0.675 bits per heavy atom. The standard InChI is InChI=1S/C37H69N9O8.C10H15N5O.C8H15NO/c1-20(2)17-26(31(38)49)44-32(50)25(15-13-14-16-39-12)43-35(53)30(23(7)8)45-36(54)37(10,11)46-33(51)27(18-21(3)4)42-28(48)19-40-34(52)29(22(5)6)41-24(9)47;1-14(2)8-3-5-9(6-4-8)15(12)13-10(11)7-16;1-4-5-6-9-8(10)7(2)3/h20-23,25-27,29-30,39H,13-19H2,1-12H3,(H2,38,49)(H,40,52)(H,41,47)(H,42,48)(H,43,53)(H,44,50)(H,45,54)(H,46,51);3-7H,12H2,1-2H3,(H2,11,13);2,4-6H2,1,3H3,(H,9,10)/t25-,26?,27?,29?,30?;;/m0../s1. The van der Waals surface area contributed by atoms with E-state index < -0.39 is 95.5 Å². The second kappa shape index (κ2) is 39.3. The number of primary amides is 1. The zero-order valence-corrected chi connectivity index (χ0v) is 50.5. The van der Waals surface area contributed by atoms with Crippen molar-refractivity contribution in [2.24, 2.45) is 46.1 Å². The first-order valence-corrected chi connectivity index (χ1v) is 27.2. The molecule has 25 heteroatoms. The zero-order chi connectivity index (χ0) is 62.0. The van der Waals surface area contributed by atoms with Crippen molar-refractivity contribution < 1.29 is 47.9 Å². The molecule has 9 amide bonds. The number of hydrogen-bond acceptors (Lipinski definition) is 15. The topological polar surface area (TPSA) is 376 Å². The molecular formula is C55H99N15O10. The van der Waals surface area contributed by atoms with Crippen LogP contribution in [-0.2, 0) is 47.9 Å². The van der Waals surface area contributed by atoms with Crippen LogP contribution in [0.5, 0.6) is 0 Å². The van der Waals surface area contributed by atoms with E-state index in [4.69, 9.17) is 17.3 Å². The van der Waals surface area contributed by atoms with Gasteiger partial charge in [0.05, 0.1) is 12.2 Å². The van der Waals surface area contributed by atoms with Crippen LogP contribution in [0.2, 0.25) is 0 Å². The molecule has 80 heavy (non-hydrogen) atoms. The molecule has 4 unspecified atom stereocenters. The number of amidine groups is 1.